The second-order valence-electron chi connectivity index (χ2n) is 5.64. The Kier molecular flexibility index (Phi) is 6.55. The number of nitrogens with two attached hydrogens (primary N) is 1. The van der Waals surface area contributed by atoms with Crippen LogP contribution in [0.25, 0.3) is 0 Å². The van der Waals surface area contributed by atoms with Gasteiger partial charge in [-0.1, -0.05) is 13.0 Å². The van der Waals surface area contributed by atoms with Gasteiger partial charge in [0.05, 0.1) is 13.7 Å². The maximum Gasteiger partial charge on any atom is 0.161 e. The summed E-state index contributed by atoms with van der Waals surface area (Å²) >= 11 is 0. The largest absolute Gasteiger partial charge is 0.493 e. The first-order valence-electron chi connectivity index (χ1n) is 8.03. The average molecular weight is 335 g/mol. The van der Waals surface area contributed by atoms with Crippen molar-refractivity contribution < 1.29 is 18.3 Å². The third-order valence-corrected chi connectivity index (χ3v) is 3.85. The smallest absolute Gasteiger partial charge is 0.161 e. The van der Waals surface area contributed by atoms with Crippen LogP contribution in [0.1, 0.15) is 30.4 Å². The Bertz CT molecular complexity index is 676. The van der Waals surface area contributed by atoms with Crippen molar-refractivity contribution in [2.45, 2.75) is 25.7 Å². The quantitative estimate of drug-likeness (QED) is 0.791. The van der Waals surface area contributed by atoms with E-state index < -0.39 is 11.6 Å². The fourth-order valence-electron chi connectivity index (χ4n) is 2.61. The van der Waals surface area contributed by atoms with Crippen LogP contribution in [0.5, 0.6) is 11.5 Å². The van der Waals surface area contributed by atoms with E-state index in [4.69, 9.17) is 15.2 Å². The summed E-state index contributed by atoms with van der Waals surface area (Å²) in [7, 11) is 1.58. The number of rotatable bonds is 8. The van der Waals surface area contributed by atoms with Crippen LogP contribution in [0.4, 0.5) is 8.78 Å². The van der Waals surface area contributed by atoms with E-state index in [0.717, 1.165) is 24.1 Å². The van der Waals surface area contributed by atoms with Crippen LogP contribution in [-0.4, -0.2) is 20.3 Å². The van der Waals surface area contributed by atoms with Crippen molar-refractivity contribution in [1.29, 1.82) is 0 Å². The van der Waals surface area contributed by atoms with Gasteiger partial charge in [-0.25, -0.2) is 8.78 Å². The molecule has 0 aliphatic carbocycles. The standard InChI is InChI=1S/C19H23F2NO2/c1-3-8-24-19-10-13(4-7-18(19)23-2)9-14(12-22)16-11-15(20)5-6-17(16)21/h4-7,10-11,14H,3,8-9,12,22H2,1-2H3. The van der Waals surface area contributed by atoms with Gasteiger partial charge in [0.1, 0.15) is 11.6 Å². The highest BCUT2D eigenvalue weighted by Gasteiger charge is 2.17. The lowest BCUT2D eigenvalue weighted by molar-refractivity contribution is 0.294. The predicted molar refractivity (Wildman–Crippen MR) is 90.6 cm³/mol. The highest BCUT2D eigenvalue weighted by molar-refractivity contribution is 5.43. The first-order chi connectivity index (χ1) is 11.6. The number of benzene rings is 2. The molecule has 0 aromatic heterocycles. The van der Waals surface area contributed by atoms with Crippen molar-refractivity contribution in [3.8, 4) is 11.5 Å². The van der Waals surface area contributed by atoms with E-state index in [0.29, 0.717) is 30.1 Å². The molecule has 2 aromatic rings. The van der Waals surface area contributed by atoms with Crippen LogP contribution in [0.15, 0.2) is 36.4 Å². The minimum atomic E-state index is -0.466. The molecule has 0 radical (unpaired) electrons. The van der Waals surface area contributed by atoms with E-state index in [1.165, 1.54) is 6.07 Å². The topological polar surface area (TPSA) is 44.5 Å². The molecule has 130 valence electrons. The van der Waals surface area contributed by atoms with Crippen LogP contribution < -0.4 is 15.2 Å². The highest BCUT2D eigenvalue weighted by atomic mass is 19.1. The molecule has 0 aliphatic heterocycles. The summed E-state index contributed by atoms with van der Waals surface area (Å²) in [6.45, 7) is 2.82. The Morgan fingerprint density at radius 1 is 1.08 bits per heavy atom. The molecule has 1 atom stereocenters. The van der Waals surface area contributed by atoms with Crippen LogP contribution >= 0.6 is 0 Å². The zero-order valence-corrected chi connectivity index (χ0v) is 14.0. The summed E-state index contributed by atoms with van der Waals surface area (Å²) in [4.78, 5) is 0. The van der Waals surface area contributed by atoms with Crippen LogP contribution in [0.2, 0.25) is 0 Å². The lowest BCUT2D eigenvalue weighted by Gasteiger charge is -2.18. The number of methoxy groups -OCH3 is 1. The lowest BCUT2D eigenvalue weighted by Crippen LogP contribution is -2.16. The SMILES string of the molecule is CCCOc1cc(CC(CN)c2cc(F)ccc2F)ccc1OC. The molecule has 5 heteroatoms. The molecule has 0 spiro atoms. The van der Waals surface area contributed by atoms with Gasteiger partial charge in [0.25, 0.3) is 0 Å². The molecule has 0 aliphatic rings. The number of ether oxygens (including phenoxy) is 2. The zero-order chi connectivity index (χ0) is 17.5. The molecule has 2 N–H and O–H groups in total. The number of hydrogen-bond acceptors (Lipinski definition) is 3. The second-order valence-corrected chi connectivity index (χ2v) is 5.64. The van der Waals surface area contributed by atoms with Gasteiger partial charge >= 0.3 is 0 Å². The number of hydrogen-bond donors (Lipinski definition) is 1. The van der Waals surface area contributed by atoms with Crippen molar-refractivity contribution >= 4 is 0 Å². The normalized spacial score (nSPS) is 12.0. The molecular weight excluding hydrogens is 312 g/mol. The Hall–Kier alpha value is -2.14. The summed E-state index contributed by atoms with van der Waals surface area (Å²) in [6.07, 6.45) is 1.37. The van der Waals surface area contributed by atoms with Crippen molar-refractivity contribution in [2.75, 3.05) is 20.3 Å². The lowest BCUT2D eigenvalue weighted by atomic mass is 9.91. The minimum absolute atomic E-state index is 0.220. The fourth-order valence-corrected chi connectivity index (χ4v) is 2.61. The van der Waals surface area contributed by atoms with Gasteiger partial charge in [-0.15, -0.1) is 0 Å². The fraction of sp³-hybridized carbons (Fsp3) is 0.368. The van der Waals surface area contributed by atoms with E-state index in [9.17, 15) is 8.78 Å². The summed E-state index contributed by atoms with van der Waals surface area (Å²) in [5.74, 6) is 0.0725. The van der Waals surface area contributed by atoms with Gasteiger partial charge in [-0.05, 0) is 60.8 Å². The molecule has 0 saturated heterocycles. The minimum Gasteiger partial charge on any atom is -0.493 e. The molecule has 2 aromatic carbocycles. The van der Waals surface area contributed by atoms with Gasteiger partial charge in [0.15, 0.2) is 11.5 Å². The molecule has 24 heavy (non-hydrogen) atoms. The van der Waals surface area contributed by atoms with E-state index in [2.05, 4.69) is 0 Å². The highest BCUT2D eigenvalue weighted by Crippen LogP contribution is 2.31. The zero-order valence-electron chi connectivity index (χ0n) is 14.0. The van der Waals surface area contributed by atoms with Gasteiger partial charge in [0, 0.05) is 5.92 Å². The Morgan fingerprint density at radius 2 is 1.88 bits per heavy atom. The van der Waals surface area contributed by atoms with Crippen LogP contribution in [0, 0.1) is 11.6 Å². The molecule has 0 saturated carbocycles. The third-order valence-electron chi connectivity index (χ3n) is 3.85. The van der Waals surface area contributed by atoms with Gasteiger partial charge < -0.3 is 15.2 Å². The van der Waals surface area contributed by atoms with Crippen molar-refractivity contribution in [3.63, 3.8) is 0 Å². The Balaban J connectivity index is 2.25. The molecule has 0 fully saturated rings. The first-order valence-corrected chi connectivity index (χ1v) is 8.03. The molecule has 1 unspecified atom stereocenters. The maximum absolute atomic E-state index is 14.0. The van der Waals surface area contributed by atoms with Gasteiger partial charge in [-0.3, -0.25) is 0 Å². The summed E-state index contributed by atoms with van der Waals surface area (Å²) in [6, 6.07) is 9.03. The van der Waals surface area contributed by atoms with Crippen molar-refractivity contribution in [3.05, 3.63) is 59.2 Å². The first kappa shape index (κ1) is 18.2. The summed E-state index contributed by atoms with van der Waals surface area (Å²) < 4.78 is 38.4. The van der Waals surface area contributed by atoms with Gasteiger partial charge in [-0.2, -0.15) is 0 Å². The summed E-state index contributed by atoms with van der Waals surface area (Å²) in [5.41, 5.74) is 7.03. The van der Waals surface area contributed by atoms with Gasteiger partial charge in [0.2, 0.25) is 0 Å². The summed E-state index contributed by atoms with van der Waals surface area (Å²) in [5, 5.41) is 0. The molecular formula is C19H23F2NO2. The van der Waals surface area contributed by atoms with Crippen LogP contribution in [-0.2, 0) is 6.42 Å². The monoisotopic (exact) mass is 335 g/mol. The van der Waals surface area contributed by atoms with E-state index >= 15 is 0 Å². The molecule has 0 bridgehead atoms. The van der Waals surface area contributed by atoms with Crippen LogP contribution in [0.3, 0.4) is 0 Å². The Labute approximate surface area is 141 Å². The van der Waals surface area contributed by atoms with E-state index in [1.807, 2.05) is 25.1 Å². The maximum atomic E-state index is 14.0. The molecule has 0 heterocycles. The second kappa shape index (κ2) is 8.64. The Morgan fingerprint density at radius 3 is 2.54 bits per heavy atom. The number of halogens is 2. The average Bonchev–Trinajstić information content (AvgIpc) is 2.60. The molecule has 2 rings (SSSR count). The third kappa shape index (κ3) is 4.45. The van der Waals surface area contributed by atoms with E-state index in [1.54, 1.807) is 7.11 Å². The van der Waals surface area contributed by atoms with Crippen molar-refractivity contribution in [1.82, 2.24) is 0 Å². The van der Waals surface area contributed by atoms with Crippen molar-refractivity contribution in [2.24, 2.45) is 5.73 Å². The molecule has 0 amide bonds. The molecule has 3 nitrogen and oxygen atoms in total. The predicted octanol–water partition coefficient (Wildman–Crippen LogP) is 4.05. The van der Waals surface area contributed by atoms with E-state index in [-0.39, 0.29) is 12.5 Å².